The molecule has 0 radical (unpaired) electrons. The van der Waals surface area contributed by atoms with Crippen molar-refractivity contribution < 1.29 is 9.90 Å². The van der Waals surface area contributed by atoms with Crippen LogP contribution < -0.4 is 5.73 Å². The van der Waals surface area contributed by atoms with E-state index in [4.69, 9.17) is 10.8 Å². The second kappa shape index (κ2) is 5.32. The van der Waals surface area contributed by atoms with Gasteiger partial charge in [0.25, 0.3) is 0 Å². The number of aliphatic hydroxyl groups excluding tert-OH is 1. The minimum atomic E-state index is -0.774. The third-order valence-corrected chi connectivity index (χ3v) is 2.57. The number of amides is 1. The van der Waals surface area contributed by atoms with Crippen LogP contribution in [0.2, 0.25) is 0 Å². The minimum absolute atomic E-state index is 0.0941. The highest BCUT2D eigenvalue weighted by Gasteiger charge is 2.32. The Morgan fingerprint density at radius 2 is 1.93 bits per heavy atom. The highest BCUT2D eigenvalue weighted by atomic mass is 16.3. The zero-order chi connectivity index (χ0) is 11.4. The summed E-state index contributed by atoms with van der Waals surface area (Å²) in [5, 5.41) is 9.15. The van der Waals surface area contributed by atoms with Crippen LogP contribution in [-0.2, 0) is 4.79 Å². The van der Waals surface area contributed by atoms with E-state index in [1.165, 1.54) is 4.90 Å². The zero-order valence-corrected chi connectivity index (χ0v) is 9.58. The molecule has 0 aliphatic rings. The third kappa shape index (κ3) is 3.27. The molecule has 0 saturated heterocycles. The Bertz CT molecular complexity index is 189. The van der Waals surface area contributed by atoms with E-state index >= 15 is 0 Å². The van der Waals surface area contributed by atoms with E-state index in [-0.39, 0.29) is 5.91 Å². The van der Waals surface area contributed by atoms with Gasteiger partial charge in [0.1, 0.15) is 0 Å². The van der Waals surface area contributed by atoms with Crippen molar-refractivity contribution in [3.05, 3.63) is 0 Å². The van der Waals surface area contributed by atoms with Crippen LogP contribution >= 0.6 is 0 Å². The molecular weight excluding hydrogens is 180 g/mol. The molecule has 1 amide bonds. The molecule has 0 bridgehead atoms. The van der Waals surface area contributed by atoms with Gasteiger partial charge in [0.05, 0.1) is 11.6 Å². The minimum Gasteiger partial charge on any atom is -0.392 e. The van der Waals surface area contributed by atoms with Crippen LogP contribution in [0.1, 0.15) is 33.6 Å². The number of nitrogens with zero attached hydrogens (tertiary/aromatic N) is 1. The molecule has 0 saturated carbocycles. The molecule has 0 aromatic carbocycles. The maximum Gasteiger partial charge on any atom is 0.242 e. The molecule has 0 aliphatic carbocycles. The lowest BCUT2D eigenvalue weighted by molar-refractivity contribution is -0.137. The quantitative estimate of drug-likeness (QED) is 0.675. The number of likely N-dealkylation sites (N-methyl/N-ethyl adjacent to an activating group) is 1. The number of nitrogens with two attached hydrogens (primary N) is 1. The van der Waals surface area contributed by atoms with Gasteiger partial charge in [-0.25, -0.2) is 0 Å². The second-order valence-electron chi connectivity index (χ2n) is 3.90. The summed E-state index contributed by atoms with van der Waals surface area (Å²) in [5.74, 6) is -0.0941. The Balaban J connectivity index is 4.43. The molecule has 0 aromatic heterocycles. The monoisotopic (exact) mass is 202 g/mol. The number of hydrogen-bond donors (Lipinski definition) is 2. The Morgan fingerprint density at radius 1 is 1.50 bits per heavy atom. The van der Waals surface area contributed by atoms with Gasteiger partial charge in [-0.3, -0.25) is 4.79 Å². The van der Waals surface area contributed by atoms with Crippen molar-refractivity contribution in [2.45, 2.75) is 45.3 Å². The highest BCUT2D eigenvalue weighted by Crippen LogP contribution is 2.14. The molecule has 14 heavy (non-hydrogen) atoms. The van der Waals surface area contributed by atoms with Gasteiger partial charge >= 0.3 is 0 Å². The van der Waals surface area contributed by atoms with Gasteiger partial charge in [0.15, 0.2) is 0 Å². The summed E-state index contributed by atoms with van der Waals surface area (Å²) in [5.41, 5.74) is 5.17. The molecule has 3 N–H and O–H groups in total. The number of carbonyl (C=O) groups is 1. The van der Waals surface area contributed by atoms with Gasteiger partial charge in [-0.05, 0) is 19.8 Å². The average molecular weight is 202 g/mol. The standard InChI is InChI=1S/C10H22N2O2/c1-5-10(11,6-2)9(14)12(4)7-8(3)13/h8,13H,5-7,11H2,1-4H3. The summed E-state index contributed by atoms with van der Waals surface area (Å²) in [6, 6.07) is 0. The van der Waals surface area contributed by atoms with Crippen LogP contribution in [0.15, 0.2) is 0 Å². The molecule has 1 unspecified atom stereocenters. The van der Waals surface area contributed by atoms with Gasteiger partial charge in [-0.15, -0.1) is 0 Å². The summed E-state index contributed by atoms with van der Waals surface area (Å²) in [6.45, 7) is 5.78. The fourth-order valence-corrected chi connectivity index (χ4v) is 1.41. The molecule has 84 valence electrons. The third-order valence-electron chi connectivity index (χ3n) is 2.57. The first-order valence-corrected chi connectivity index (χ1v) is 5.09. The van der Waals surface area contributed by atoms with Crippen molar-refractivity contribution in [2.24, 2.45) is 5.73 Å². The number of rotatable bonds is 5. The van der Waals surface area contributed by atoms with Gasteiger partial charge in [-0.1, -0.05) is 13.8 Å². The normalized spacial score (nSPS) is 13.9. The molecule has 0 heterocycles. The fourth-order valence-electron chi connectivity index (χ4n) is 1.41. The van der Waals surface area contributed by atoms with Crippen molar-refractivity contribution >= 4 is 5.91 Å². The van der Waals surface area contributed by atoms with E-state index in [1.807, 2.05) is 13.8 Å². The smallest absolute Gasteiger partial charge is 0.242 e. The molecule has 0 fully saturated rings. The van der Waals surface area contributed by atoms with Crippen molar-refractivity contribution in [3.63, 3.8) is 0 Å². The van der Waals surface area contributed by atoms with Gasteiger partial charge in [-0.2, -0.15) is 0 Å². The Kier molecular flexibility index (Phi) is 5.08. The maximum absolute atomic E-state index is 11.9. The molecule has 0 aliphatic heterocycles. The summed E-state index contributed by atoms with van der Waals surface area (Å²) in [4.78, 5) is 13.4. The van der Waals surface area contributed by atoms with E-state index in [2.05, 4.69) is 0 Å². The first-order valence-electron chi connectivity index (χ1n) is 5.09. The number of hydrogen-bond acceptors (Lipinski definition) is 3. The van der Waals surface area contributed by atoms with Crippen LogP contribution in [0.4, 0.5) is 0 Å². The molecule has 1 atom stereocenters. The van der Waals surface area contributed by atoms with Crippen molar-refractivity contribution in [1.82, 2.24) is 4.90 Å². The van der Waals surface area contributed by atoms with Gasteiger partial charge in [0, 0.05) is 13.6 Å². The Hall–Kier alpha value is -0.610. The fraction of sp³-hybridized carbons (Fsp3) is 0.900. The molecule has 0 spiro atoms. The van der Waals surface area contributed by atoms with E-state index < -0.39 is 11.6 Å². The molecule has 0 aromatic rings. The topological polar surface area (TPSA) is 66.6 Å². The molecular formula is C10H22N2O2. The Labute approximate surface area is 86.1 Å². The Morgan fingerprint density at radius 3 is 2.21 bits per heavy atom. The molecule has 0 rings (SSSR count). The van der Waals surface area contributed by atoms with Crippen molar-refractivity contribution in [1.29, 1.82) is 0 Å². The van der Waals surface area contributed by atoms with Crippen LogP contribution in [0.3, 0.4) is 0 Å². The SMILES string of the molecule is CCC(N)(CC)C(=O)N(C)CC(C)O. The first-order chi connectivity index (χ1) is 6.37. The van der Waals surface area contributed by atoms with Crippen LogP contribution in [0.25, 0.3) is 0 Å². The molecule has 4 heteroatoms. The van der Waals surface area contributed by atoms with E-state index in [9.17, 15) is 4.79 Å². The second-order valence-corrected chi connectivity index (χ2v) is 3.90. The van der Waals surface area contributed by atoms with E-state index in [0.717, 1.165) is 0 Å². The average Bonchev–Trinajstić information content (AvgIpc) is 2.14. The van der Waals surface area contributed by atoms with Crippen LogP contribution in [-0.4, -0.2) is 41.1 Å². The van der Waals surface area contributed by atoms with Crippen molar-refractivity contribution in [2.75, 3.05) is 13.6 Å². The van der Waals surface area contributed by atoms with Gasteiger partial charge < -0.3 is 15.7 Å². The lowest BCUT2D eigenvalue weighted by Gasteiger charge is -2.31. The maximum atomic E-state index is 11.9. The summed E-state index contributed by atoms with van der Waals surface area (Å²) < 4.78 is 0. The van der Waals surface area contributed by atoms with Crippen LogP contribution in [0, 0.1) is 0 Å². The van der Waals surface area contributed by atoms with E-state index in [1.54, 1.807) is 14.0 Å². The summed E-state index contributed by atoms with van der Waals surface area (Å²) in [7, 11) is 1.67. The zero-order valence-electron chi connectivity index (χ0n) is 9.58. The predicted molar refractivity (Wildman–Crippen MR) is 56.8 cm³/mol. The number of carbonyl (C=O) groups excluding carboxylic acids is 1. The molecule has 4 nitrogen and oxygen atoms in total. The largest absolute Gasteiger partial charge is 0.392 e. The summed E-state index contributed by atoms with van der Waals surface area (Å²) in [6.07, 6.45) is 0.723. The van der Waals surface area contributed by atoms with Gasteiger partial charge in [0.2, 0.25) is 5.91 Å². The van der Waals surface area contributed by atoms with Crippen LogP contribution in [0.5, 0.6) is 0 Å². The lowest BCUT2D eigenvalue weighted by atomic mass is 9.92. The number of aliphatic hydroxyl groups is 1. The van der Waals surface area contributed by atoms with Crippen molar-refractivity contribution in [3.8, 4) is 0 Å². The summed E-state index contributed by atoms with van der Waals surface area (Å²) >= 11 is 0. The lowest BCUT2D eigenvalue weighted by Crippen LogP contribution is -2.54. The van der Waals surface area contributed by atoms with E-state index in [0.29, 0.717) is 19.4 Å². The predicted octanol–water partition coefficient (Wildman–Crippen LogP) is 0.343. The first kappa shape index (κ1) is 13.4. The highest BCUT2D eigenvalue weighted by molar-refractivity contribution is 5.85.